The van der Waals surface area contributed by atoms with Crippen molar-refractivity contribution >= 4 is 39.5 Å². The second-order valence-corrected chi connectivity index (χ2v) is 7.03. The van der Waals surface area contributed by atoms with E-state index in [2.05, 4.69) is 9.83 Å². The standard InChI is InChI=1S/C18H9FN2Se/c1-20-16-14(19)9-8-12-11-5-4-6-13(17(11)22-18(12)16)15-7-2-3-10-21-15/h2-10H. The molecule has 0 amide bonds. The van der Waals surface area contributed by atoms with Crippen LogP contribution in [0.2, 0.25) is 0 Å². The molecule has 0 aliphatic rings. The number of rotatable bonds is 1. The van der Waals surface area contributed by atoms with Crippen LogP contribution in [0.15, 0.2) is 54.7 Å². The van der Waals surface area contributed by atoms with Crippen LogP contribution in [0, 0.1) is 12.4 Å². The summed E-state index contributed by atoms with van der Waals surface area (Å²) in [6, 6.07) is 15.1. The molecule has 0 aliphatic carbocycles. The molecule has 0 spiro atoms. The van der Waals surface area contributed by atoms with E-state index in [9.17, 15) is 4.39 Å². The summed E-state index contributed by atoms with van der Waals surface area (Å²) in [5, 5.41) is 2.09. The van der Waals surface area contributed by atoms with Gasteiger partial charge in [-0.2, -0.15) is 0 Å². The molecule has 104 valence electrons. The Kier molecular flexibility index (Phi) is 3.04. The molecule has 2 heterocycles. The summed E-state index contributed by atoms with van der Waals surface area (Å²) < 4.78 is 15.9. The van der Waals surface area contributed by atoms with Gasteiger partial charge in [0.05, 0.1) is 0 Å². The molecule has 0 fully saturated rings. The predicted molar refractivity (Wildman–Crippen MR) is 87.8 cm³/mol. The van der Waals surface area contributed by atoms with Gasteiger partial charge in [0.25, 0.3) is 0 Å². The summed E-state index contributed by atoms with van der Waals surface area (Å²) >= 11 is -0.0826. The molecule has 2 nitrogen and oxygen atoms in total. The first-order valence-electron chi connectivity index (χ1n) is 6.72. The van der Waals surface area contributed by atoms with Crippen LogP contribution in [0.5, 0.6) is 0 Å². The number of benzene rings is 2. The molecule has 4 heteroatoms. The van der Waals surface area contributed by atoms with E-state index in [0.29, 0.717) is 0 Å². The normalized spacial score (nSPS) is 10.9. The van der Waals surface area contributed by atoms with Crippen LogP contribution in [-0.2, 0) is 0 Å². The molecule has 4 rings (SSSR count). The third kappa shape index (κ3) is 1.88. The Labute approximate surface area is 132 Å². The van der Waals surface area contributed by atoms with Gasteiger partial charge in [0, 0.05) is 0 Å². The molecule has 22 heavy (non-hydrogen) atoms. The van der Waals surface area contributed by atoms with Gasteiger partial charge < -0.3 is 0 Å². The van der Waals surface area contributed by atoms with Crippen molar-refractivity contribution in [1.82, 2.24) is 4.98 Å². The Bertz CT molecular complexity index is 1050. The van der Waals surface area contributed by atoms with E-state index in [0.717, 1.165) is 26.3 Å². The molecule has 0 unspecified atom stereocenters. The number of nitrogens with zero attached hydrogens (tertiary/aromatic N) is 2. The van der Waals surface area contributed by atoms with Crippen LogP contribution in [0.4, 0.5) is 10.1 Å². The Hall–Kier alpha value is -2.47. The first kappa shape index (κ1) is 13.2. The van der Waals surface area contributed by atoms with Gasteiger partial charge in [-0.3, -0.25) is 0 Å². The van der Waals surface area contributed by atoms with E-state index < -0.39 is 5.82 Å². The van der Waals surface area contributed by atoms with E-state index in [1.165, 1.54) is 10.3 Å². The minimum absolute atomic E-state index is 0.0826. The Morgan fingerprint density at radius 1 is 0.955 bits per heavy atom. The number of aromatic nitrogens is 1. The minimum atomic E-state index is -0.428. The molecule has 0 saturated carbocycles. The number of halogens is 1. The molecule has 4 aromatic rings. The maximum absolute atomic E-state index is 13.9. The van der Waals surface area contributed by atoms with E-state index in [1.807, 2.05) is 36.4 Å². The summed E-state index contributed by atoms with van der Waals surface area (Å²) in [5.74, 6) is -0.428. The summed E-state index contributed by atoms with van der Waals surface area (Å²) in [4.78, 5) is 7.83. The fraction of sp³-hybridized carbons (Fsp3) is 0. The predicted octanol–water partition coefficient (Wildman–Crippen LogP) is 4.80. The molecule has 2 aromatic carbocycles. The van der Waals surface area contributed by atoms with Gasteiger partial charge >= 0.3 is 132 Å². The third-order valence-corrected chi connectivity index (χ3v) is 6.29. The van der Waals surface area contributed by atoms with Gasteiger partial charge in [-0.15, -0.1) is 0 Å². The maximum atomic E-state index is 13.9. The van der Waals surface area contributed by atoms with E-state index >= 15 is 0 Å². The summed E-state index contributed by atoms with van der Waals surface area (Å²) in [7, 11) is 0. The molecule has 0 saturated heterocycles. The van der Waals surface area contributed by atoms with E-state index in [4.69, 9.17) is 6.57 Å². The van der Waals surface area contributed by atoms with Gasteiger partial charge in [-0.1, -0.05) is 0 Å². The van der Waals surface area contributed by atoms with Crippen molar-refractivity contribution in [2.75, 3.05) is 0 Å². The number of fused-ring (bicyclic) bond motifs is 3. The molecule has 0 N–H and O–H groups in total. The third-order valence-electron chi connectivity index (χ3n) is 3.64. The topological polar surface area (TPSA) is 17.2 Å². The summed E-state index contributed by atoms with van der Waals surface area (Å²) in [5.41, 5.74) is 2.16. The monoisotopic (exact) mass is 352 g/mol. The van der Waals surface area contributed by atoms with Crippen molar-refractivity contribution in [3.8, 4) is 11.3 Å². The van der Waals surface area contributed by atoms with Gasteiger partial charge in [-0.25, -0.2) is 0 Å². The molecule has 0 bridgehead atoms. The average Bonchev–Trinajstić information content (AvgIpc) is 2.94. The Balaban J connectivity index is 2.15. The van der Waals surface area contributed by atoms with Crippen LogP contribution >= 0.6 is 0 Å². The van der Waals surface area contributed by atoms with Crippen LogP contribution in [0.3, 0.4) is 0 Å². The summed E-state index contributed by atoms with van der Waals surface area (Å²) in [6.07, 6.45) is 1.77. The SMILES string of the molecule is [C-]#[N+]c1c(F)ccc2c1[se]c1c(-c3ccccn3)cccc12. The zero-order valence-electron chi connectivity index (χ0n) is 11.4. The van der Waals surface area contributed by atoms with Crippen LogP contribution in [0.25, 0.3) is 35.4 Å². The van der Waals surface area contributed by atoms with Gasteiger partial charge in [0.15, 0.2) is 0 Å². The average molecular weight is 351 g/mol. The fourth-order valence-electron chi connectivity index (χ4n) is 2.65. The second kappa shape index (κ2) is 5.06. The van der Waals surface area contributed by atoms with Crippen LogP contribution < -0.4 is 0 Å². The van der Waals surface area contributed by atoms with Gasteiger partial charge in [-0.05, 0) is 0 Å². The molecular weight excluding hydrogens is 342 g/mol. The van der Waals surface area contributed by atoms with Crippen LogP contribution in [-0.4, -0.2) is 19.5 Å². The van der Waals surface area contributed by atoms with Gasteiger partial charge in [0.1, 0.15) is 0 Å². The van der Waals surface area contributed by atoms with Crippen molar-refractivity contribution in [2.45, 2.75) is 0 Å². The molecule has 0 atom stereocenters. The van der Waals surface area contributed by atoms with Gasteiger partial charge in [0.2, 0.25) is 0 Å². The zero-order valence-corrected chi connectivity index (χ0v) is 13.1. The van der Waals surface area contributed by atoms with Crippen molar-refractivity contribution in [1.29, 1.82) is 0 Å². The fourth-order valence-corrected chi connectivity index (χ4v) is 5.38. The van der Waals surface area contributed by atoms with E-state index in [-0.39, 0.29) is 20.2 Å². The number of hydrogen-bond donors (Lipinski definition) is 0. The molecular formula is C18H9FN2Se. The molecule has 2 aromatic heterocycles. The van der Waals surface area contributed by atoms with Crippen molar-refractivity contribution < 1.29 is 4.39 Å². The quantitative estimate of drug-likeness (QED) is 0.356. The second-order valence-electron chi connectivity index (χ2n) is 4.88. The number of pyridine rings is 1. The number of hydrogen-bond acceptors (Lipinski definition) is 1. The Morgan fingerprint density at radius 3 is 2.59 bits per heavy atom. The van der Waals surface area contributed by atoms with Crippen molar-refractivity contribution in [3.05, 3.63) is 72.0 Å². The first-order valence-corrected chi connectivity index (χ1v) is 8.43. The van der Waals surface area contributed by atoms with Crippen molar-refractivity contribution in [3.63, 3.8) is 0 Å². The zero-order chi connectivity index (χ0) is 15.1. The first-order chi connectivity index (χ1) is 10.8. The van der Waals surface area contributed by atoms with E-state index in [1.54, 1.807) is 12.3 Å². The Morgan fingerprint density at radius 2 is 1.82 bits per heavy atom. The summed E-state index contributed by atoms with van der Waals surface area (Å²) in [6.45, 7) is 7.26. The van der Waals surface area contributed by atoms with Crippen molar-refractivity contribution in [2.24, 2.45) is 0 Å². The molecule has 0 aliphatic heterocycles. The molecule has 0 radical (unpaired) electrons. The van der Waals surface area contributed by atoms with Crippen LogP contribution in [0.1, 0.15) is 0 Å².